The normalized spacial score (nSPS) is 14.8. The summed E-state index contributed by atoms with van der Waals surface area (Å²) in [5.74, 6) is -1.34. The number of benzene rings is 1. The van der Waals surface area contributed by atoms with Crippen LogP contribution in [-0.4, -0.2) is 30.4 Å². The van der Waals surface area contributed by atoms with E-state index in [0.717, 1.165) is 5.56 Å². The Morgan fingerprint density at radius 1 is 1.32 bits per heavy atom. The summed E-state index contributed by atoms with van der Waals surface area (Å²) in [6.07, 6.45) is 1.90. The molecule has 0 saturated heterocycles. The predicted octanol–water partition coefficient (Wildman–Crippen LogP) is 2.68. The summed E-state index contributed by atoms with van der Waals surface area (Å²) in [4.78, 5) is 37.6. The van der Waals surface area contributed by atoms with Crippen LogP contribution in [0.1, 0.15) is 12.5 Å². The third-order valence-corrected chi connectivity index (χ3v) is 4.33. The smallest absolute Gasteiger partial charge is 0.331 e. The van der Waals surface area contributed by atoms with Gasteiger partial charge in [0.2, 0.25) is 5.91 Å². The van der Waals surface area contributed by atoms with Gasteiger partial charge in [0, 0.05) is 6.08 Å². The quantitative estimate of drug-likeness (QED) is 0.675. The van der Waals surface area contributed by atoms with E-state index in [1.54, 1.807) is 30.3 Å². The van der Waals surface area contributed by atoms with Crippen molar-refractivity contribution in [2.45, 2.75) is 13.0 Å². The second kappa shape index (κ2) is 7.31. The Labute approximate surface area is 148 Å². The number of rotatable bonds is 4. The SMILES string of the molecule is C[C@H](OC(=O)/C=C/c1ccsc1)C(=O)N1CC(=O)Nc2ccccc21. The van der Waals surface area contributed by atoms with Crippen LogP contribution < -0.4 is 10.2 Å². The molecule has 2 amide bonds. The summed E-state index contributed by atoms with van der Waals surface area (Å²) < 4.78 is 5.17. The van der Waals surface area contributed by atoms with Gasteiger partial charge in [0.05, 0.1) is 11.4 Å². The van der Waals surface area contributed by atoms with Crippen LogP contribution >= 0.6 is 11.3 Å². The average molecular weight is 356 g/mol. The summed E-state index contributed by atoms with van der Waals surface area (Å²) in [5.41, 5.74) is 2.04. The van der Waals surface area contributed by atoms with E-state index < -0.39 is 18.0 Å². The number of amides is 2. The van der Waals surface area contributed by atoms with Gasteiger partial charge in [-0.25, -0.2) is 4.79 Å². The monoisotopic (exact) mass is 356 g/mol. The summed E-state index contributed by atoms with van der Waals surface area (Å²) in [6.45, 7) is 1.39. The number of anilines is 2. The first-order valence-electron chi connectivity index (χ1n) is 7.66. The summed E-state index contributed by atoms with van der Waals surface area (Å²) in [7, 11) is 0. The number of para-hydroxylation sites is 2. The number of nitrogens with zero attached hydrogens (tertiary/aromatic N) is 1. The molecule has 0 aliphatic carbocycles. The summed E-state index contributed by atoms with van der Waals surface area (Å²) in [5, 5.41) is 6.50. The van der Waals surface area contributed by atoms with Gasteiger partial charge >= 0.3 is 5.97 Å². The van der Waals surface area contributed by atoms with Crippen molar-refractivity contribution in [2.75, 3.05) is 16.8 Å². The van der Waals surface area contributed by atoms with Gasteiger partial charge in [0.15, 0.2) is 6.10 Å². The number of esters is 1. The maximum atomic E-state index is 12.6. The molecule has 128 valence electrons. The second-order valence-corrected chi connectivity index (χ2v) is 6.24. The van der Waals surface area contributed by atoms with Gasteiger partial charge in [-0.3, -0.25) is 14.5 Å². The highest BCUT2D eigenvalue weighted by molar-refractivity contribution is 7.08. The average Bonchev–Trinajstić information content (AvgIpc) is 3.12. The Bertz CT molecular complexity index is 829. The van der Waals surface area contributed by atoms with E-state index in [0.29, 0.717) is 11.4 Å². The Balaban J connectivity index is 1.68. The van der Waals surface area contributed by atoms with Crippen molar-refractivity contribution < 1.29 is 19.1 Å². The van der Waals surface area contributed by atoms with Gasteiger partial charge in [0.1, 0.15) is 6.54 Å². The summed E-state index contributed by atoms with van der Waals surface area (Å²) in [6, 6.07) is 8.86. The molecule has 0 saturated carbocycles. The van der Waals surface area contributed by atoms with Crippen LogP contribution in [0.4, 0.5) is 11.4 Å². The highest BCUT2D eigenvalue weighted by Gasteiger charge is 2.30. The lowest BCUT2D eigenvalue weighted by Crippen LogP contribution is -2.46. The maximum absolute atomic E-state index is 12.6. The molecule has 7 heteroatoms. The molecule has 1 N–H and O–H groups in total. The lowest BCUT2D eigenvalue weighted by molar-refractivity contribution is -0.149. The first kappa shape index (κ1) is 16.9. The van der Waals surface area contributed by atoms with Gasteiger partial charge in [0.25, 0.3) is 5.91 Å². The molecule has 0 fully saturated rings. The number of ether oxygens (including phenoxy) is 1. The second-order valence-electron chi connectivity index (χ2n) is 5.46. The molecule has 1 atom stereocenters. The van der Waals surface area contributed by atoms with Crippen LogP contribution in [0.5, 0.6) is 0 Å². The highest BCUT2D eigenvalue weighted by atomic mass is 32.1. The number of nitrogens with one attached hydrogen (secondary N) is 1. The van der Waals surface area contributed by atoms with Crippen molar-refractivity contribution in [1.29, 1.82) is 0 Å². The largest absolute Gasteiger partial charge is 0.449 e. The Morgan fingerprint density at radius 3 is 2.88 bits per heavy atom. The van der Waals surface area contributed by atoms with Crippen molar-refractivity contribution >= 4 is 46.6 Å². The van der Waals surface area contributed by atoms with Gasteiger partial charge < -0.3 is 10.1 Å². The van der Waals surface area contributed by atoms with Crippen LogP contribution in [0, 0.1) is 0 Å². The van der Waals surface area contributed by atoms with E-state index in [1.807, 2.05) is 16.8 Å². The van der Waals surface area contributed by atoms with Gasteiger partial charge in [-0.15, -0.1) is 0 Å². The molecule has 1 aromatic carbocycles. The number of carbonyl (C=O) groups excluding carboxylic acids is 3. The molecule has 3 rings (SSSR count). The van der Waals surface area contributed by atoms with Gasteiger partial charge in [-0.1, -0.05) is 12.1 Å². The van der Waals surface area contributed by atoms with Gasteiger partial charge in [-0.2, -0.15) is 11.3 Å². The van der Waals surface area contributed by atoms with Crippen LogP contribution in [0.25, 0.3) is 6.08 Å². The van der Waals surface area contributed by atoms with Crippen molar-refractivity contribution in [3.8, 4) is 0 Å². The topological polar surface area (TPSA) is 75.7 Å². The molecule has 1 aliphatic rings. The van der Waals surface area contributed by atoms with Gasteiger partial charge in [-0.05, 0) is 47.5 Å². The molecule has 1 aromatic heterocycles. The molecule has 1 aliphatic heterocycles. The van der Waals surface area contributed by atoms with Crippen LogP contribution in [0.2, 0.25) is 0 Å². The van der Waals surface area contributed by atoms with Crippen molar-refractivity contribution in [2.24, 2.45) is 0 Å². The number of thiophene rings is 1. The third-order valence-electron chi connectivity index (χ3n) is 3.63. The lowest BCUT2D eigenvalue weighted by atomic mass is 10.1. The fourth-order valence-electron chi connectivity index (χ4n) is 2.45. The van der Waals surface area contributed by atoms with E-state index in [4.69, 9.17) is 4.74 Å². The molecule has 25 heavy (non-hydrogen) atoms. The molecule has 0 unspecified atom stereocenters. The van der Waals surface area contributed by atoms with Crippen LogP contribution in [-0.2, 0) is 19.1 Å². The standard InChI is InChI=1S/C18H16N2O4S/c1-12(24-17(22)7-6-13-8-9-25-11-13)18(23)20-10-16(21)19-14-4-2-3-5-15(14)20/h2-9,11-12H,10H2,1H3,(H,19,21)/b7-6+/t12-/m0/s1. The fraction of sp³-hybridized carbons (Fsp3) is 0.167. The first-order chi connectivity index (χ1) is 12.0. The zero-order valence-electron chi connectivity index (χ0n) is 13.5. The van der Waals surface area contributed by atoms with E-state index in [-0.39, 0.29) is 12.5 Å². The molecule has 6 nitrogen and oxygen atoms in total. The van der Waals surface area contributed by atoms with E-state index in [1.165, 1.54) is 29.2 Å². The van der Waals surface area contributed by atoms with Crippen LogP contribution in [0.3, 0.4) is 0 Å². The van der Waals surface area contributed by atoms with Crippen LogP contribution in [0.15, 0.2) is 47.2 Å². The first-order valence-corrected chi connectivity index (χ1v) is 8.60. The maximum Gasteiger partial charge on any atom is 0.331 e. The minimum atomic E-state index is -1.00. The zero-order valence-corrected chi connectivity index (χ0v) is 14.3. The fourth-order valence-corrected chi connectivity index (χ4v) is 3.08. The number of hydrogen-bond acceptors (Lipinski definition) is 5. The minimum absolute atomic E-state index is 0.109. The van der Waals surface area contributed by atoms with Crippen molar-refractivity contribution in [3.63, 3.8) is 0 Å². The van der Waals surface area contributed by atoms with Crippen molar-refractivity contribution in [1.82, 2.24) is 0 Å². The molecule has 2 heterocycles. The number of hydrogen-bond donors (Lipinski definition) is 1. The molecule has 0 spiro atoms. The highest BCUT2D eigenvalue weighted by Crippen LogP contribution is 2.29. The minimum Gasteiger partial charge on any atom is -0.449 e. The number of fused-ring (bicyclic) bond motifs is 1. The third kappa shape index (κ3) is 3.95. The van der Waals surface area contributed by atoms with Crippen molar-refractivity contribution in [3.05, 3.63) is 52.7 Å². The molecule has 2 aromatic rings. The summed E-state index contributed by atoms with van der Waals surface area (Å²) >= 11 is 1.52. The Hall–Kier alpha value is -2.93. The van der Waals surface area contributed by atoms with E-state index >= 15 is 0 Å². The van der Waals surface area contributed by atoms with E-state index in [2.05, 4.69) is 5.32 Å². The Morgan fingerprint density at radius 2 is 2.12 bits per heavy atom. The molecular weight excluding hydrogens is 340 g/mol. The molecular formula is C18H16N2O4S. The predicted molar refractivity (Wildman–Crippen MR) is 96.3 cm³/mol. The lowest BCUT2D eigenvalue weighted by Gasteiger charge is -2.30. The zero-order chi connectivity index (χ0) is 17.8. The van der Waals surface area contributed by atoms with E-state index in [9.17, 15) is 14.4 Å². The molecule has 0 bridgehead atoms. The Kier molecular flexibility index (Phi) is 4.95. The molecule has 0 radical (unpaired) electrons. The number of carbonyl (C=O) groups is 3.